The number of piperidine rings is 1. The van der Waals surface area contributed by atoms with E-state index in [-0.39, 0.29) is 5.91 Å². The number of nitrogens with zero attached hydrogens (tertiary/aromatic N) is 4. The lowest BCUT2D eigenvalue weighted by Crippen LogP contribution is -2.44. The molecule has 0 bridgehead atoms. The molecule has 6 nitrogen and oxygen atoms in total. The quantitative estimate of drug-likeness (QED) is 0.881. The summed E-state index contributed by atoms with van der Waals surface area (Å²) in [6.07, 6.45) is 3.64. The van der Waals surface area contributed by atoms with Crippen molar-refractivity contribution in [2.75, 3.05) is 39.0 Å². The van der Waals surface area contributed by atoms with Crippen molar-refractivity contribution in [3.05, 3.63) is 28.4 Å². The summed E-state index contributed by atoms with van der Waals surface area (Å²) < 4.78 is 0. The number of likely N-dealkylation sites (tertiary alicyclic amines) is 1. The maximum atomic E-state index is 11.8. The lowest BCUT2D eigenvalue weighted by Gasteiger charge is -2.32. The first kappa shape index (κ1) is 18.2. The Morgan fingerprint density at radius 1 is 1.24 bits per heavy atom. The van der Waals surface area contributed by atoms with Crippen LogP contribution in [0.2, 0.25) is 10.0 Å². The standard InChI is InChI=1S/C17H21Cl2N5O/c1-23(2)17(25)10-24-5-3-11(4-6-24)21-16-9-20-14-7-12(18)13(19)8-15(14)22-16/h7-9,11H,3-6,10H2,1-2H3,(H,21,22). The Kier molecular flexibility index (Phi) is 5.61. The number of hydrogen-bond donors (Lipinski definition) is 1. The average Bonchev–Trinajstić information content (AvgIpc) is 2.58. The average molecular weight is 382 g/mol. The van der Waals surface area contributed by atoms with Gasteiger partial charge in [-0.15, -0.1) is 0 Å². The van der Waals surface area contributed by atoms with E-state index in [1.54, 1.807) is 37.3 Å². The van der Waals surface area contributed by atoms with Gasteiger partial charge in [0.2, 0.25) is 5.91 Å². The van der Waals surface area contributed by atoms with Gasteiger partial charge in [0.25, 0.3) is 0 Å². The number of rotatable bonds is 4. The molecule has 3 rings (SSSR count). The molecule has 1 aromatic heterocycles. The number of carbonyl (C=O) groups is 1. The van der Waals surface area contributed by atoms with E-state index in [1.165, 1.54) is 0 Å². The lowest BCUT2D eigenvalue weighted by molar-refractivity contribution is -0.130. The van der Waals surface area contributed by atoms with Crippen LogP contribution in [0, 0.1) is 0 Å². The summed E-state index contributed by atoms with van der Waals surface area (Å²) in [5.41, 5.74) is 1.44. The number of benzene rings is 1. The van der Waals surface area contributed by atoms with E-state index >= 15 is 0 Å². The predicted molar refractivity (Wildman–Crippen MR) is 101 cm³/mol. The first-order valence-electron chi connectivity index (χ1n) is 8.23. The Labute approximate surface area is 157 Å². The van der Waals surface area contributed by atoms with Gasteiger partial charge in [0.1, 0.15) is 5.82 Å². The summed E-state index contributed by atoms with van der Waals surface area (Å²) >= 11 is 12.1. The molecule has 2 heterocycles. The number of carbonyl (C=O) groups excluding carboxylic acids is 1. The van der Waals surface area contributed by atoms with Crippen LogP contribution in [0.15, 0.2) is 18.3 Å². The van der Waals surface area contributed by atoms with E-state index in [0.29, 0.717) is 28.1 Å². The molecule has 1 aliphatic heterocycles. The molecule has 0 atom stereocenters. The van der Waals surface area contributed by atoms with Gasteiger partial charge in [-0.2, -0.15) is 0 Å². The van der Waals surface area contributed by atoms with Gasteiger partial charge >= 0.3 is 0 Å². The number of amides is 1. The smallest absolute Gasteiger partial charge is 0.236 e. The summed E-state index contributed by atoms with van der Waals surface area (Å²) in [7, 11) is 3.57. The van der Waals surface area contributed by atoms with Gasteiger partial charge in [-0.25, -0.2) is 4.98 Å². The number of nitrogens with one attached hydrogen (secondary N) is 1. The van der Waals surface area contributed by atoms with E-state index < -0.39 is 0 Å². The summed E-state index contributed by atoms with van der Waals surface area (Å²) in [6.45, 7) is 2.26. The van der Waals surface area contributed by atoms with E-state index in [1.807, 2.05) is 0 Å². The molecule has 0 saturated carbocycles. The number of anilines is 1. The molecule has 1 N–H and O–H groups in total. The maximum Gasteiger partial charge on any atom is 0.236 e. The van der Waals surface area contributed by atoms with Crippen LogP contribution in [0.1, 0.15) is 12.8 Å². The predicted octanol–water partition coefficient (Wildman–Crippen LogP) is 2.90. The van der Waals surface area contributed by atoms with E-state index in [4.69, 9.17) is 23.2 Å². The zero-order chi connectivity index (χ0) is 18.0. The molecule has 0 aliphatic carbocycles. The number of aromatic nitrogens is 2. The minimum atomic E-state index is 0.141. The van der Waals surface area contributed by atoms with Crippen molar-refractivity contribution in [2.45, 2.75) is 18.9 Å². The molecular formula is C17H21Cl2N5O. The maximum absolute atomic E-state index is 11.8. The van der Waals surface area contributed by atoms with Crippen molar-refractivity contribution in [1.29, 1.82) is 0 Å². The molecule has 1 saturated heterocycles. The number of halogens is 2. The monoisotopic (exact) mass is 381 g/mol. The molecule has 134 valence electrons. The van der Waals surface area contributed by atoms with Crippen molar-refractivity contribution in [3.63, 3.8) is 0 Å². The van der Waals surface area contributed by atoms with Crippen LogP contribution in [-0.4, -0.2) is 65.4 Å². The van der Waals surface area contributed by atoms with Crippen LogP contribution in [0.3, 0.4) is 0 Å². The highest BCUT2D eigenvalue weighted by molar-refractivity contribution is 6.42. The second-order valence-electron chi connectivity index (χ2n) is 6.49. The van der Waals surface area contributed by atoms with Crippen molar-refractivity contribution in [2.24, 2.45) is 0 Å². The van der Waals surface area contributed by atoms with Crippen LogP contribution in [0.5, 0.6) is 0 Å². The Bertz CT molecular complexity index is 775. The minimum absolute atomic E-state index is 0.141. The van der Waals surface area contributed by atoms with Crippen LogP contribution < -0.4 is 5.32 Å². The third-order valence-corrected chi connectivity index (χ3v) is 5.10. The molecule has 1 aromatic carbocycles. The molecule has 0 radical (unpaired) electrons. The van der Waals surface area contributed by atoms with Crippen molar-refractivity contribution >= 4 is 46.0 Å². The Balaban J connectivity index is 1.59. The van der Waals surface area contributed by atoms with Gasteiger partial charge in [0, 0.05) is 33.2 Å². The molecule has 25 heavy (non-hydrogen) atoms. The molecule has 0 unspecified atom stereocenters. The first-order valence-corrected chi connectivity index (χ1v) is 8.99. The number of likely N-dealkylation sites (N-methyl/N-ethyl adjacent to an activating group) is 1. The van der Waals surface area contributed by atoms with Crippen LogP contribution in [-0.2, 0) is 4.79 Å². The van der Waals surface area contributed by atoms with Crippen molar-refractivity contribution < 1.29 is 4.79 Å². The molecule has 0 spiro atoms. The number of fused-ring (bicyclic) bond motifs is 1. The molecule has 1 fully saturated rings. The molecule has 1 aliphatic rings. The number of hydrogen-bond acceptors (Lipinski definition) is 5. The largest absolute Gasteiger partial charge is 0.366 e. The first-order chi connectivity index (χ1) is 11.9. The highest BCUT2D eigenvalue weighted by Crippen LogP contribution is 2.26. The third-order valence-electron chi connectivity index (χ3n) is 4.38. The zero-order valence-corrected chi connectivity index (χ0v) is 15.8. The van der Waals surface area contributed by atoms with Crippen molar-refractivity contribution in [3.8, 4) is 0 Å². The summed E-state index contributed by atoms with van der Waals surface area (Å²) in [4.78, 5) is 24.6. The minimum Gasteiger partial charge on any atom is -0.366 e. The molecule has 1 amide bonds. The van der Waals surface area contributed by atoms with Crippen LogP contribution in [0.4, 0.5) is 5.82 Å². The third kappa shape index (κ3) is 4.51. The van der Waals surface area contributed by atoms with Crippen LogP contribution >= 0.6 is 23.2 Å². The van der Waals surface area contributed by atoms with Crippen LogP contribution in [0.25, 0.3) is 11.0 Å². The summed E-state index contributed by atoms with van der Waals surface area (Å²) in [5, 5.41) is 4.38. The van der Waals surface area contributed by atoms with Gasteiger partial charge in [-0.05, 0) is 25.0 Å². The van der Waals surface area contributed by atoms with Gasteiger partial charge in [0.15, 0.2) is 0 Å². The zero-order valence-electron chi connectivity index (χ0n) is 14.3. The SMILES string of the molecule is CN(C)C(=O)CN1CCC(Nc2cnc3cc(Cl)c(Cl)cc3n2)CC1. The lowest BCUT2D eigenvalue weighted by atomic mass is 10.1. The van der Waals surface area contributed by atoms with Gasteiger partial charge in [0.05, 0.1) is 33.8 Å². The Morgan fingerprint density at radius 3 is 2.52 bits per heavy atom. The van der Waals surface area contributed by atoms with E-state index in [0.717, 1.165) is 37.3 Å². The highest BCUT2D eigenvalue weighted by Gasteiger charge is 2.21. The van der Waals surface area contributed by atoms with Gasteiger partial charge < -0.3 is 10.2 Å². The Morgan fingerprint density at radius 2 is 1.88 bits per heavy atom. The molecule has 2 aromatic rings. The summed E-state index contributed by atoms with van der Waals surface area (Å²) in [5.74, 6) is 0.871. The van der Waals surface area contributed by atoms with E-state index in [2.05, 4.69) is 20.2 Å². The summed E-state index contributed by atoms with van der Waals surface area (Å²) in [6, 6.07) is 3.77. The van der Waals surface area contributed by atoms with Gasteiger partial charge in [-0.3, -0.25) is 14.7 Å². The fourth-order valence-electron chi connectivity index (χ4n) is 2.85. The normalized spacial score (nSPS) is 16.2. The topological polar surface area (TPSA) is 61.4 Å². The fourth-order valence-corrected chi connectivity index (χ4v) is 3.17. The second-order valence-corrected chi connectivity index (χ2v) is 7.31. The molecular weight excluding hydrogens is 361 g/mol. The molecule has 8 heteroatoms. The van der Waals surface area contributed by atoms with Gasteiger partial charge in [-0.1, -0.05) is 23.2 Å². The van der Waals surface area contributed by atoms with E-state index in [9.17, 15) is 4.79 Å². The van der Waals surface area contributed by atoms with Crippen molar-refractivity contribution in [1.82, 2.24) is 19.8 Å². The fraction of sp³-hybridized carbons (Fsp3) is 0.471. The Hall–Kier alpha value is -1.63. The highest BCUT2D eigenvalue weighted by atomic mass is 35.5. The second kappa shape index (κ2) is 7.72.